The molecule has 0 bridgehead atoms. The summed E-state index contributed by atoms with van der Waals surface area (Å²) in [5, 5.41) is 0. The quantitative estimate of drug-likeness (QED) is 0.706. The van der Waals surface area contributed by atoms with Crippen LogP contribution >= 0.6 is 0 Å². The van der Waals surface area contributed by atoms with Crippen LogP contribution in [0, 0.1) is 13.8 Å². The monoisotopic (exact) mass is 414 g/mol. The minimum absolute atomic E-state index is 0.149. The van der Waals surface area contributed by atoms with Gasteiger partial charge >= 0.3 is 0 Å². The molecule has 0 aromatic heterocycles. The number of hydrogen-bond acceptors (Lipinski definition) is 4. The molecule has 2 aromatic carbocycles. The average molecular weight is 415 g/mol. The van der Waals surface area contributed by atoms with Gasteiger partial charge in [-0.1, -0.05) is 24.3 Å². The lowest BCUT2D eigenvalue weighted by molar-refractivity contribution is -0.113. The van der Waals surface area contributed by atoms with Crippen molar-refractivity contribution < 1.29 is 17.9 Å². The van der Waals surface area contributed by atoms with Crippen molar-refractivity contribution in [3.8, 4) is 0 Å². The van der Waals surface area contributed by atoms with Crippen LogP contribution in [-0.4, -0.2) is 52.0 Å². The van der Waals surface area contributed by atoms with Gasteiger partial charge in [0.2, 0.25) is 10.0 Å². The normalized spacial score (nSPS) is 15.6. The first-order valence-corrected chi connectivity index (χ1v) is 10.9. The van der Waals surface area contributed by atoms with Crippen LogP contribution in [0.1, 0.15) is 16.7 Å². The number of benzene rings is 2. The summed E-state index contributed by atoms with van der Waals surface area (Å²) >= 11 is 0. The van der Waals surface area contributed by atoms with Gasteiger partial charge in [-0.3, -0.25) is 4.79 Å². The Hall–Kier alpha value is -2.48. The van der Waals surface area contributed by atoms with Gasteiger partial charge in [-0.15, -0.1) is 0 Å². The Kier molecular flexibility index (Phi) is 6.52. The third kappa shape index (κ3) is 4.93. The molecule has 1 amide bonds. The highest BCUT2D eigenvalue weighted by atomic mass is 32.2. The smallest absolute Gasteiger partial charge is 0.250 e. The van der Waals surface area contributed by atoms with Gasteiger partial charge in [0, 0.05) is 31.9 Å². The maximum atomic E-state index is 12.7. The molecule has 0 aliphatic carbocycles. The molecular weight excluding hydrogens is 388 g/mol. The summed E-state index contributed by atoms with van der Waals surface area (Å²) in [6.45, 7) is 5.51. The van der Waals surface area contributed by atoms with E-state index in [1.165, 1.54) is 10.4 Å². The van der Waals surface area contributed by atoms with Crippen molar-refractivity contribution in [3.63, 3.8) is 0 Å². The van der Waals surface area contributed by atoms with E-state index >= 15 is 0 Å². The number of amides is 1. The van der Waals surface area contributed by atoms with Gasteiger partial charge < -0.3 is 9.64 Å². The van der Waals surface area contributed by atoms with E-state index in [0.717, 1.165) is 22.4 Å². The molecule has 154 valence electrons. The first-order chi connectivity index (χ1) is 13.8. The van der Waals surface area contributed by atoms with E-state index in [9.17, 15) is 13.2 Å². The zero-order valence-corrected chi connectivity index (χ0v) is 17.8. The highest BCUT2D eigenvalue weighted by Crippen LogP contribution is 2.21. The van der Waals surface area contributed by atoms with Crippen molar-refractivity contribution in [2.75, 3.05) is 38.3 Å². The Morgan fingerprint density at radius 3 is 2.38 bits per heavy atom. The molecule has 3 rings (SSSR count). The molecule has 6 nitrogen and oxygen atoms in total. The predicted octanol–water partition coefficient (Wildman–Crippen LogP) is 3.00. The topological polar surface area (TPSA) is 66.9 Å². The summed E-state index contributed by atoms with van der Waals surface area (Å²) in [7, 11) is -1.77. The van der Waals surface area contributed by atoms with Crippen molar-refractivity contribution in [3.05, 3.63) is 65.2 Å². The molecule has 1 aliphatic heterocycles. The van der Waals surface area contributed by atoms with Gasteiger partial charge in [0.1, 0.15) is 0 Å². The Labute approximate surface area is 172 Å². The minimum Gasteiger partial charge on any atom is -0.379 e. The van der Waals surface area contributed by atoms with Crippen molar-refractivity contribution in [2.24, 2.45) is 0 Å². The van der Waals surface area contributed by atoms with Crippen LogP contribution in [-0.2, 0) is 19.6 Å². The molecule has 0 saturated carbocycles. The number of carbonyl (C=O) groups is 1. The molecule has 29 heavy (non-hydrogen) atoms. The summed E-state index contributed by atoms with van der Waals surface area (Å²) < 4.78 is 32.0. The van der Waals surface area contributed by atoms with Crippen molar-refractivity contribution >= 4 is 27.7 Å². The number of aryl methyl sites for hydroxylation is 2. The van der Waals surface area contributed by atoms with Crippen LogP contribution in [0.5, 0.6) is 0 Å². The second-order valence-corrected chi connectivity index (χ2v) is 9.04. The molecule has 0 N–H and O–H groups in total. The highest BCUT2D eigenvalue weighted by molar-refractivity contribution is 7.89. The third-order valence-corrected chi connectivity index (χ3v) is 6.88. The zero-order valence-electron chi connectivity index (χ0n) is 17.0. The largest absolute Gasteiger partial charge is 0.379 e. The van der Waals surface area contributed by atoms with E-state index < -0.39 is 10.0 Å². The molecule has 0 unspecified atom stereocenters. The van der Waals surface area contributed by atoms with Crippen molar-refractivity contribution in [2.45, 2.75) is 18.7 Å². The van der Waals surface area contributed by atoms with Crippen LogP contribution in [0.3, 0.4) is 0 Å². The Morgan fingerprint density at radius 1 is 1.07 bits per heavy atom. The van der Waals surface area contributed by atoms with Crippen LogP contribution in [0.15, 0.2) is 53.4 Å². The van der Waals surface area contributed by atoms with Gasteiger partial charge in [-0.05, 0) is 54.8 Å². The average Bonchev–Trinajstić information content (AvgIpc) is 2.74. The molecule has 1 aliphatic rings. The number of hydrogen-bond donors (Lipinski definition) is 0. The Balaban J connectivity index is 1.71. The van der Waals surface area contributed by atoms with Crippen molar-refractivity contribution in [1.29, 1.82) is 0 Å². The fourth-order valence-electron chi connectivity index (χ4n) is 3.17. The summed E-state index contributed by atoms with van der Waals surface area (Å²) in [6, 6.07) is 12.5. The van der Waals surface area contributed by atoms with Crippen LogP contribution in [0.25, 0.3) is 6.08 Å². The molecule has 0 atom stereocenters. The van der Waals surface area contributed by atoms with E-state index in [0.29, 0.717) is 26.3 Å². The molecule has 0 spiro atoms. The zero-order chi connectivity index (χ0) is 21.0. The number of ether oxygens (including phenoxy) is 1. The molecule has 7 heteroatoms. The van der Waals surface area contributed by atoms with Gasteiger partial charge in [-0.25, -0.2) is 8.42 Å². The molecule has 1 saturated heterocycles. The van der Waals surface area contributed by atoms with Gasteiger partial charge in [0.05, 0.1) is 18.1 Å². The summed E-state index contributed by atoms with van der Waals surface area (Å²) in [4.78, 5) is 14.4. The molecule has 0 radical (unpaired) electrons. The maximum Gasteiger partial charge on any atom is 0.250 e. The second-order valence-electron chi connectivity index (χ2n) is 7.11. The number of morpholine rings is 1. The Morgan fingerprint density at radius 2 is 1.72 bits per heavy atom. The predicted molar refractivity (Wildman–Crippen MR) is 114 cm³/mol. The molecular formula is C22H26N2O4S. The lowest BCUT2D eigenvalue weighted by Crippen LogP contribution is -2.40. The molecule has 1 fully saturated rings. The van der Waals surface area contributed by atoms with Gasteiger partial charge in [0.25, 0.3) is 5.91 Å². The van der Waals surface area contributed by atoms with Gasteiger partial charge in [0.15, 0.2) is 0 Å². The SMILES string of the molecule is Cc1ccc(C)c(N(C)C(=O)C=Cc2ccc(S(=O)(=O)N3CCOCC3)cc2)c1. The first kappa shape index (κ1) is 21.2. The number of nitrogens with zero attached hydrogens (tertiary/aromatic N) is 2. The molecule has 1 heterocycles. The maximum absolute atomic E-state index is 12.7. The van der Waals surface area contributed by atoms with E-state index in [-0.39, 0.29) is 10.8 Å². The van der Waals surface area contributed by atoms with Crippen molar-refractivity contribution in [1.82, 2.24) is 4.31 Å². The standard InChI is InChI=1S/C22H26N2O4S/c1-17-4-5-18(2)21(16-17)23(3)22(25)11-8-19-6-9-20(10-7-19)29(26,27)24-12-14-28-15-13-24/h4-11,16H,12-15H2,1-3H3. The van der Waals surface area contributed by atoms with E-state index in [2.05, 4.69) is 0 Å². The van der Waals surface area contributed by atoms with Crippen LogP contribution < -0.4 is 4.90 Å². The summed E-state index contributed by atoms with van der Waals surface area (Å²) in [5.74, 6) is -0.149. The number of rotatable bonds is 5. The lowest BCUT2D eigenvalue weighted by atomic mass is 10.1. The molecule has 2 aromatic rings. The van der Waals surface area contributed by atoms with Crippen LogP contribution in [0.2, 0.25) is 0 Å². The third-order valence-electron chi connectivity index (χ3n) is 4.96. The van der Waals surface area contributed by atoms with E-state index in [1.807, 2.05) is 32.0 Å². The lowest BCUT2D eigenvalue weighted by Gasteiger charge is -2.26. The fraction of sp³-hybridized carbons (Fsp3) is 0.318. The van der Waals surface area contributed by atoms with Crippen LogP contribution in [0.4, 0.5) is 5.69 Å². The summed E-state index contributed by atoms with van der Waals surface area (Å²) in [6.07, 6.45) is 3.18. The Bertz CT molecular complexity index is 1010. The number of likely N-dealkylation sites (N-methyl/N-ethyl adjacent to an activating group) is 1. The van der Waals surface area contributed by atoms with E-state index in [4.69, 9.17) is 4.74 Å². The minimum atomic E-state index is -3.51. The highest BCUT2D eigenvalue weighted by Gasteiger charge is 2.25. The second kappa shape index (κ2) is 8.90. The number of anilines is 1. The number of sulfonamides is 1. The number of carbonyl (C=O) groups excluding carboxylic acids is 1. The fourth-order valence-corrected chi connectivity index (χ4v) is 4.57. The van der Waals surface area contributed by atoms with E-state index in [1.54, 1.807) is 42.3 Å². The van der Waals surface area contributed by atoms with Gasteiger partial charge in [-0.2, -0.15) is 4.31 Å². The first-order valence-electron chi connectivity index (χ1n) is 9.50. The summed E-state index contributed by atoms with van der Waals surface area (Å²) in [5.41, 5.74) is 3.74.